The number of aromatic nitrogens is 3. The molecule has 0 amide bonds. The number of nitrogens with zero attached hydrogens (tertiary/aromatic N) is 3. The molecule has 7 nitrogen and oxygen atoms in total. The normalized spacial score (nSPS) is 15.9. The predicted molar refractivity (Wildman–Crippen MR) is 135 cm³/mol. The third-order valence-corrected chi connectivity index (χ3v) is 9.04. The van der Waals surface area contributed by atoms with E-state index in [9.17, 15) is 17.2 Å². The minimum absolute atomic E-state index is 0.0535. The number of nitrogens with one attached hydrogen (secondary N) is 2. The Hall–Kier alpha value is -2.08. The summed E-state index contributed by atoms with van der Waals surface area (Å²) in [5.74, 6) is -2.59. The molecule has 35 heavy (non-hydrogen) atoms. The van der Waals surface area contributed by atoms with Crippen molar-refractivity contribution in [3.63, 3.8) is 0 Å². The zero-order chi connectivity index (χ0) is 25.5. The van der Waals surface area contributed by atoms with Crippen molar-refractivity contribution < 1.29 is 17.2 Å². The van der Waals surface area contributed by atoms with Crippen molar-refractivity contribution in [2.45, 2.75) is 62.8 Å². The Morgan fingerprint density at radius 1 is 1.14 bits per heavy atom. The van der Waals surface area contributed by atoms with Gasteiger partial charge in [-0.2, -0.15) is 0 Å². The highest BCUT2D eigenvalue weighted by atomic mass is 35.5. The van der Waals surface area contributed by atoms with Crippen LogP contribution in [-0.4, -0.2) is 29.6 Å². The molecule has 0 aliphatic heterocycles. The summed E-state index contributed by atoms with van der Waals surface area (Å²) in [5, 5.41) is 12.1. The topological polar surface area (TPSA) is 96.9 Å². The first kappa shape index (κ1) is 26.0. The number of anilines is 2. The fourth-order valence-corrected chi connectivity index (χ4v) is 6.55. The molecule has 0 spiro atoms. The van der Waals surface area contributed by atoms with Crippen molar-refractivity contribution in [3.8, 4) is 0 Å². The van der Waals surface area contributed by atoms with Gasteiger partial charge in [-0.15, -0.1) is 10.2 Å². The Labute approximate surface area is 216 Å². The Kier molecular flexibility index (Phi) is 7.25. The Morgan fingerprint density at radius 2 is 1.83 bits per heavy atom. The summed E-state index contributed by atoms with van der Waals surface area (Å²) in [7, 11) is -3.98. The van der Waals surface area contributed by atoms with Crippen molar-refractivity contribution in [3.05, 3.63) is 56.1 Å². The standard InChI is InChI=1S/C22H23Cl2F2N5O2S2/c1-4-22(25,26)14-9-17(24)19(27-10-14)28-15-5-12-7-16(23)18(8-13(12)6-15)35(32,33)31-21-30-29-20(34-21)11(2)3/h7-11,15H,4-6H2,1-3H3,(H,27,28)(H,30,31). The first-order valence-corrected chi connectivity index (χ1v) is 13.9. The van der Waals surface area contributed by atoms with Crippen LogP contribution < -0.4 is 10.0 Å². The summed E-state index contributed by atoms with van der Waals surface area (Å²) in [6.07, 6.45) is 1.79. The van der Waals surface area contributed by atoms with Gasteiger partial charge in [0.1, 0.15) is 15.7 Å². The molecule has 0 fully saturated rings. The Bertz CT molecular complexity index is 1370. The summed E-state index contributed by atoms with van der Waals surface area (Å²) in [6, 6.07) is 4.23. The highest BCUT2D eigenvalue weighted by Gasteiger charge is 2.31. The number of halogens is 4. The zero-order valence-electron chi connectivity index (χ0n) is 19.1. The van der Waals surface area contributed by atoms with Crippen molar-refractivity contribution in [2.75, 3.05) is 10.0 Å². The molecule has 0 saturated heterocycles. The van der Waals surface area contributed by atoms with Crippen molar-refractivity contribution >= 4 is 55.5 Å². The van der Waals surface area contributed by atoms with Gasteiger partial charge in [-0.05, 0) is 42.2 Å². The summed E-state index contributed by atoms with van der Waals surface area (Å²) >= 11 is 13.7. The van der Waals surface area contributed by atoms with E-state index in [1.54, 1.807) is 12.1 Å². The average molecular weight is 562 g/mol. The molecule has 0 radical (unpaired) electrons. The van der Waals surface area contributed by atoms with Gasteiger partial charge >= 0.3 is 0 Å². The lowest BCUT2D eigenvalue weighted by atomic mass is 10.1. The summed E-state index contributed by atoms with van der Waals surface area (Å²) in [4.78, 5) is 4.03. The van der Waals surface area contributed by atoms with Crippen LogP contribution in [0.1, 0.15) is 54.8 Å². The first-order chi connectivity index (χ1) is 16.4. The molecule has 188 valence electrons. The van der Waals surface area contributed by atoms with Crippen molar-refractivity contribution in [1.29, 1.82) is 0 Å². The average Bonchev–Trinajstić information content (AvgIpc) is 3.40. The smallest absolute Gasteiger partial charge is 0.274 e. The maximum Gasteiger partial charge on any atom is 0.274 e. The van der Waals surface area contributed by atoms with Crippen LogP contribution in [-0.2, 0) is 28.8 Å². The summed E-state index contributed by atoms with van der Waals surface area (Å²) in [5.41, 5.74) is 1.45. The van der Waals surface area contributed by atoms with Gasteiger partial charge < -0.3 is 5.32 Å². The van der Waals surface area contributed by atoms with E-state index >= 15 is 0 Å². The van der Waals surface area contributed by atoms with E-state index in [1.165, 1.54) is 24.3 Å². The minimum Gasteiger partial charge on any atom is -0.365 e. The molecule has 3 aromatic rings. The second kappa shape index (κ2) is 9.76. The van der Waals surface area contributed by atoms with E-state index in [1.807, 2.05) is 13.8 Å². The molecule has 13 heteroatoms. The molecule has 1 aliphatic carbocycles. The van der Waals surface area contributed by atoms with Gasteiger partial charge in [0.15, 0.2) is 0 Å². The lowest BCUT2D eigenvalue weighted by Crippen LogP contribution is -2.21. The predicted octanol–water partition coefficient (Wildman–Crippen LogP) is 6.25. The molecule has 2 heterocycles. The lowest BCUT2D eigenvalue weighted by molar-refractivity contribution is -0.00858. The number of hydrogen-bond donors (Lipinski definition) is 2. The van der Waals surface area contributed by atoms with Gasteiger partial charge in [-0.3, -0.25) is 4.72 Å². The third kappa shape index (κ3) is 5.52. The van der Waals surface area contributed by atoms with Crippen LogP contribution in [0.3, 0.4) is 0 Å². The summed E-state index contributed by atoms with van der Waals surface area (Å²) in [6.45, 7) is 5.28. The van der Waals surface area contributed by atoms with Gasteiger partial charge in [0.05, 0.1) is 10.0 Å². The second-order valence-electron chi connectivity index (χ2n) is 8.62. The van der Waals surface area contributed by atoms with Crippen LogP contribution in [0.25, 0.3) is 0 Å². The number of pyridine rings is 1. The molecular formula is C22H23Cl2F2N5O2S2. The maximum atomic E-state index is 13.9. The van der Waals surface area contributed by atoms with Crippen molar-refractivity contribution in [2.24, 2.45) is 0 Å². The molecule has 1 unspecified atom stereocenters. The molecule has 2 aromatic heterocycles. The summed E-state index contributed by atoms with van der Waals surface area (Å²) < 4.78 is 56.3. The highest BCUT2D eigenvalue weighted by Crippen LogP contribution is 2.36. The molecule has 1 atom stereocenters. The van der Waals surface area contributed by atoms with E-state index in [4.69, 9.17) is 23.2 Å². The van der Waals surface area contributed by atoms with Crippen LogP contribution in [0.15, 0.2) is 29.3 Å². The van der Waals surface area contributed by atoms with Gasteiger partial charge in [0.25, 0.3) is 15.9 Å². The third-order valence-electron chi connectivity index (χ3n) is 5.68. The Morgan fingerprint density at radius 3 is 2.43 bits per heavy atom. The number of sulfonamides is 1. The van der Waals surface area contributed by atoms with Crippen molar-refractivity contribution in [1.82, 2.24) is 15.2 Å². The fraction of sp³-hybridized carbons (Fsp3) is 0.409. The number of alkyl halides is 2. The number of rotatable bonds is 8. The molecule has 2 N–H and O–H groups in total. The largest absolute Gasteiger partial charge is 0.365 e. The van der Waals surface area contributed by atoms with Gasteiger partial charge in [0, 0.05) is 30.1 Å². The monoisotopic (exact) mass is 561 g/mol. The zero-order valence-corrected chi connectivity index (χ0v) is 22.2. The number of fused-ring (bicyclic) bond motifs is 1. The SMILES string of the molecule is CCC(F)(F)c1cnc(NC2Cc3cc(Cl)c(S(=O)(=O)Nc4nnc(C(C)C)s4)cc3C2)c(Cl)c1. The van der Waals surface area contributed by atoms with Crippen LogP contribution in [0, 0.1) is 0 Å². The first-order valence-electron chi connectivity index (χ1n) is 10.9. The second-order valence-corrected chi connectivity index (χ2v) is 12.1. The molecule has 4 rings (SSSR count). The Balaban J connectivity index is 1.51. The molecule has 1 aromatic carbocycles. The highest BCUT2D eigenvalue weighted by molar-refractivity contribution is 7.93. The van der Waals surface area contributed by atoms with Crippen LogP contribution in [0.4, 0.5) is 19.7 Å². The van der Waals surface area contributed by atoms with E-state index in [0.29, 0.717) is 12.8 Å². The lowest BCUT2D eigenvalue weighted by Gasteiger charge is -2.17. The minimum atomic E-state index is -3.98. The molecule has 0 saturated carbocycles. The van der Waals surface area contributed by atoms with Gasteiger partial charge in [0.2, 0.25) is 5.13 Å². The van der Waals surface area contributed by atoms with E-state index in [0.717, 1.165) is 22.3 Å². The van der Waals surface area contributed by atoms with Gasteiger partial charge in [-0.1, -0.05) is 55.3 Å². The van der Waals surface area contributed by atoms with E-state index in [-0.39, 0.29) is 49.8 Å². The fourth-order valence-electron chi connectivity index (χ4n) is 3.75. The number of hydrogen-bond acceptors (Lipinski definition) is 7. The van der Waals surface area contributed by atoms with Crippen LogP contribution in [0.2, 0.25) is 10.0 Å². The molecule has 1 aliphatic rings. The van der Waals surface area contributed by atoms with E-state index in [2.05, 4.69) is 25.2 Å². The quantitative estimate of drug-likeness (QED) is 0.337. The van der Waals surface area contributed by atoms with E-state index < -0.39 is 15.9 Å². The molecule has 0 bridgehead atoms. The molecular weight excluding hydrogens is 539 g/mol. The maximum absolute atomic E-state index is 13.9. The number of benzene rings is 1. The van der Waals surface area contributed by atoms with Crippen LogP contribution in [0.5, 0.6) is 0 Å². The van der Waals surface area contributed by atoms with Gasteiger partial charge in [-0.25, -0.2) is 22.2 Å². The van der Waals surface area contributed by atoms with Crippen LogP contribution >= 0.6 is 34.5 Å².